The van der Waals surface area contributed by atoms with Crippen molar-refractivity contribution in [2.45, 2.75) is 123 Å². The summed E-state index contributed by atoms with van der Waals surface area (Å²) in [6.07, 6.45) is 3.49. The van der Waals surface area contributed by atoms with Crippen LogP contribution in [-0.4, -0.2) is 122 Å². The Labute approximate surface area is 334 Å². The summed E-state index contributed by atoms with van der Waals surface area (Å²) >= 11 is 1.51. The number of carbonyl (C=O) groups is 4. The standard InChI is InChI=1S/C42H68N6O6S/c1-13-28(6)37(47(10)42(52)35(26(2)3)45-40(51)36(27(4)5)46(8)9)33(53-11)25-34(49)48-22-17-20-32(48)38(54-12)29(7)39(50)44-31(41-43-21-23-55-41)24-30-18-15-14-16-19-30/h14-16,18-19,21,23,26-29,31-33,35-38H,13,17,20,22,24-25H2,1-12H3,(H,44,50)(H,45,51)/t28-,29-,31+,32+,33-,35+,36+,37+,38-/m1/s1. The van der Waals surface area contributed by atoms with Gasteiger partial charge in [0, 0.05) is 39.4 Å². The van der Waals surface area contributed by atoms with Crippen molar-refractivity contribution in [3.63, 3.8) is 0 Å². The third-order valence-corrected chi connectivity index (χ3v) is 12.2. The Morgan fingerprint density at radius 2 is 1.62 bits per heavy atom. The molecule has 13 heteroatoms. The van der Waals surface area contributed by atoms with Crippen LogP contribution in [0, 0.1) is 23.7 Å². The minimum atomic E-state index is -0.751. The zero-order valence-corrected chi connectivity index (χ0v) is 36.1. The van der Waals surface area contributed by atoms with Gasteiger partial charge in [0.1, 0.15) is 11.0 Å². The molecule has 0 aliphatic carbocycles. The van der Waals surface area contributed by atoms with Crippen molar-refractivity contribution in [3.8, 4) is 0 Å². The zero-order chi connectivity index (χ0) is 41.0. The zero-order valence-electron chi connectivity index (χ0n) is 35.3. The van der Waals surface area contributed by atoms with Gasteiger partial charge in [-0.3, -0.25) is 24.1 Å². The monoisotopic (exact) mass is 784 g/mol. The molecule has 1 aromatic carbocycles. The van der Waals surface area contributed by atoms with E-state index in [-0.39, 0.29) is 65.9 Å². The average Bonchev–Trinajstić information content (AvgIpc) is 3.87. The van der Waals surface area contributed by atoms with Crippen LogP contribution in [0.1, 0.15) is 90.8 Å². The lowest BCUT2D eigenvalue weighted by molar-refractivity contribution is -0.148. The van der Waals surface area contributed by atoms with E-state index in [9.17, 15) is 19.2 Å². The highest BCUT2D eigenvalue weighted by atomic mass is 32.1. The molecular formula is C42H68N6O6S. The number of nitrogens with one attached hydrogen (secondary N) is 2. The van der Waals surface area contributed by atoms with Gasteiger partial charge in [0.2, 0.25) is 23.6 Å². The summed E-state index contributed by atoms with van der Waals surface area (Å²) in [5, 5.41) is 9.02. The molecule has 12 nitrogen and oxygen atoms in total. The lowest BCUT2D eigenvalue weighted by Crippen LogP contribution is -2.59. The van der Waals surface area contributed by atoms with E-state index in [0.29, 0.717) is 19.4 Å². The van der Waals surface area contributed by atoms with Crippen LogP contribution in [0.15, 0.2) is 41.9 Å². The van der Waals surface area contributed by atoms with E-state index in [4.69, 9.17) is 9.47 Å². The van der Waals surface area contributed by atoms with Gasteiger partial charge in [-0.2, -0.15) is 0 Å². The summed E-state index contributed by atoms with van der Waals surface area (Å²) in [6, 6.07) is 7.83. The van der Waals surface area contributed by atoms with Crippen LogP contribution in [0.25, 0.3) is 0 Å². The number of aromatic nitrogens is 1. The number of nitrogens with zero attached hydrogens (tertiary/aromatic N) is 4. The van der Waals surface area contributed by atoms with Crippen molar-refractivity contribution in [1.29, 1.82) is 0 Å². The number of likely N-dealkylation sites (tertiary alicyclic amines) is 1. The van der Waals surface area contributed by atoms with Crippen molar-refractivity contribution in [1.82, 2.24) is 30.3 Å². The molecule has 1 aliphatic heterocycles. The Morgan fingerprint density at radius 1 is 0.945 bits per heavy atom. The fourth-order valence-corrected chi connectivity index (χ4v) is 8.86. The Bertz CT molecular complexity index is 1480. The number of carbonyl (C=O) groups excluding carboxylic acids is 4. The topological polar surface area (TPSA) is 133 Å². The maximum absolute atomic E-state index is 14.3. The first-order chi connectivity index (χ1) is 26.1. The summed E-state index contributed by atoms with van der Waals surface area (Å²) < 4.78 is 12.1. The van der Waals surface area contributed by atoms with Gasteiger partial charge in [0.25, 0.3) is 0 Å². The normalized spacial score (nSPS) is 19.0. The molecule has 2 N–H and O–H groups in total. The van der Waals surface area contributed by atoms with Crippen LogP contribution in [0.2, 0.25) is 0 Å². The number of likely N-dealkylation sites (N-methyl/N-ethyl adjacent to an activating group) is 2. The molecule has 3 rings (SSSR count). The van der Waals surface area contributed by atoms with Gasteiger partial charge in [-0.05, 0) is 56.7 Å². The van der Waals surface area contributed by atoms with Gasteiger partial charge >= 0.3 is 0 Å². The third-order valence-electron chi connectivity index (χ3n) is 11.3. The number of thiazole rings is 1. The molecule has 0 radical (unpaired) electrons. The van der Waals surface area contributed by atoms with Crippen molar-refractivity contribution >= 4 is 35.0 Å². The predicted octanol–water partition coefficient (Wildman–Crippen LogP) is 5.19. The van der Waals surface area contributed by atoms with E-state index in [2.05, 4.69) is 29.5 Å². The van der Waals surface area contributed by atoms with Crippen molar-refractivity contribution < 1.29 is 28.7 Å². The summed E-state index contributed by atoms with van der Waals surface area (Å²) in [5.41, 5.74) is 1.09. The second-order valence-corrected chi connectivity index (χ2v) is 17.0. The molecular weight excluding hydrogens is 717 g/mol. The maximum Gasteiger partial charge on any atom is 0.245 e. The van der Waals surface area contributed by atoms with E-state index < -0.39 is 30.2 Å². The molecule has 0 bridgehead atoms. The minimum absolute atomic E-state index is 0.00751. The Hall–Kier alpha value is -3.39. The quantitative estimate of drug-likeness (QED) is 0.177. The first-order valence-corrected chi connectivity index (χ1v) is 20.8. The SMILES string of the molecule is CC[C@@H](C)[C@@H]([C@@H](CC(=O)N1CCC[C@H]1[C@H](OC)[C@@H](C)C(=O)N[C@@H](Cc1ccccc1)c1nccs1)OC)N(C)C(=O)[C@@H](NC(=O)[C@H](C(C)C)N(C)C)C(C)C. The third kappa shape index (κ3) is 12.1. The van der Waals surface area contributed by atoms with Gasteiger partial charge in [-0.15, -0.1) is 11.3 Å². The smallest absolute Gasteiger partial charge is 0.245 e. The van der Waals surface area contributed by atoms with E-state index in [1.54, 1.807) is 32.4 Å². The molecule has 4 amide bonds. The van der Waals surface area contributed by atoms with E-state index in [0.717, 1.165) is 23.4 Å². The number of amides is 4. The first-order valence-electron chi connectivity index (χ1n) is 19.9. The Morgan fingerprint density at radius 3 is 2.15 bits per heavy atom. The molecule has 0 saturated carbocycles. The van der Waals surface area contributed by atoms with Crippen molar-refractivity contribution in [2.24, 2.45) is 23.7 Å². The second kappa shape index (κ2) is 21.8. The van der Waals surface area contributed by atoms with Gasteiger partial charge < -0.3 is 29.9 Å². The van der Waals surface area contributed by atoms with Crippen molar-refractivity contribution in [3.05, 3.63) is 52.5 Å². The molecule has 9 atom stereocenters. The minimum Gasteiger partial charge on any atom is -0.379 e. The summed E-state index contributed by atoms with van der Waals surface area (Å²) in [5.74, 6) is -1.35. The van der Waals surface area contributed by atoms with Crippen LogP contribution in [-0.2, 0) is 35.1 Å². The number of hydrogen-bond acceptors (Lipinski definition) is 9. The highest BCUT2D eigenvalue weighted by Crippen LogP contribution is 2.30. The number of methoxy groups -OCH3 is 2. The number of rotatable bonds is 21. The first kappa shape index (κ1) is 46.0. The Balaban J connectivity index is 1.79. The molecule has 308 valence electrons. The van der Waals surface area contributed by atoms with Crippen molar-refractivity contribution in [2.75, 3.05) is 41.9 Å². The molecule has 0 spiro atoms. The second-order valence-electron chi connectivity index (χ2n) is 16.1. The number of hydrogen-bond donors (Lipinski definition) is 2. The molecule has 2 aromatic rings. The van der Waals surface area contributed by atoms with Gasteiger partial charge in [-0.1, -0.05) is 85.2 Å². The largest absolute Gasteiger partial charge is 0.379 e. The van der Waals surface area contributed by atoms with Crippen LogP contribution in [0.3, 0.4) is 0 Å². The molecule has 0 unspecified atom stereocenters. The molecule has 55 heavy (non-hydrogen) atoms. The summed E-state index contributed by atoms with van der Waals surface area (Å²) in [7, 11) is 8.66. The fraction of sp³-hybridized carbons (Fsp3) is 0.690. The average molecular weight is 785 g/mol. The van der Waals surface area contributed by atoms with E-state index >= 15 is 0 Å². The fourth-order valence-electron chi connectivity index (χ4n) is 8.17. The molecule has 1 fully saturated rings. The number of benzene rings is 1. The van der Waals surface area contributed by atoms with Gasteiger partial charge in [-0.25, -0.2) is 4.98 Å². The maximum atomic E-state index is 14.3. The molecule has 1 aliphatic rings. The van der Waals surface area contributed by atoms with E-state index in [1.807, 2.05) is 94.2 Å². The van der Waals surface area contributed by atoms with Gasteiger partial charge in [0.05, 0.1) is 48.7 Å². The van der Waals surface area contributed by atoms with Crippen LogP contribution in [0.5, 0.6) is 0 Å². The van der Waals surface area contributed by atoms with Crippen LogP contribution >= 0.6 is 11.3 Å². The molecule has 1 saturated heterocycles. The van der Waals surface area contributed by atoms with Crippen LogP contribution in [0.4, 0.5) is 0 Å². The summed E-state index contributed by atoms with van der Waals surface area (Å²) in [6.45, 7) is 14.3. The lowest BCUT2D eigenvalue weighted by Gasteiger charge is -2.41. The molecule has 2 heterocycles. The highest BCUT2D eigenvalue weighted by molar-refractivity contribution is 7.09. The molecule has 1 aromatic heterocycles. The van der Waals surface area contributed by atoms with Gasteiger partial charge in [0.15, 0.2) is 0 Å². The Kier molecular flexibility index (Phi) is 18.2. The van der Waals surface area contributed by atoms with Crippen LogP contribution < -0.4 is 10.6 Å². The number of ether oxygens (including phenoxy) is 2. The van der Waals surface area contributed by atoms with E-state index in [1.165, 1.54) is 11.3 Å². The predicted molar refractivity (Wildman–Crippen MR) is 218 cm³/mol. The summed E-state index contributed by atoms with van der Waals surface area (Å²) in [4.78, 5) is 65.8. The highest BCUT2D eigenvalue weighted by Gasteiger charge is 2.43. The lowest BCUT2D eigenvalue weighted by atomic mass is 9.89.